The van der Waals surface area contributed by atoms with Crippen LogP contribution in [0.4, 0.5) is 5.69 Å². The van der Waals surface area contributed by atoms with Crippen molar-refractivity contribution >= 4 is 11.6 Å². The number of nitrogens with one attached hydrogen (secondary N) is 1. The second-order valence-electron chi connectivity index (χ2n) is 6.68. The molecule has 3 rings (SSSR count). The minimum Gasteiger partial charge on any atom is -0.466 e. The van der Waals surface area contributed by atoms with Gasteiger partial charge in [-0.3, -0.25) is 9.59 Å². The monoisotopic (exact) mass is 344 g/mol. The lowest BCUT2D eigenvalue weighted by Gasteiger charge is -2.22. The topological polar surface area (TPSA) is 103 Å². The molecule has 1 aliphatic rings. The smallest absolute Gasteiger partial charge is 0.290 e. The van der Waals surface area contributed by atoms with E-state index >= 15 is 0 Å². The zero-order valence-electron chi connectivity index (χ0n) is 14.7. The third-order valence-electron chi connectivity index (χ3n) is 4.58. The zero-order chi connectivity index (χ0) is 18.0. The third kappa shape index (κ3) is 3.92. The van der Waals surface area contributed by atoms with Crippen LogP contribution in [0.15, 0.2) is 21.3 Å². The number of rotatable bonds is 4. The van der Waals surface area contributed by atoms with E-state index in [1.165, 1.54) is 12.5 Å². The zero-order valence-corrected chi connectivity index (χ0v) is 14.7. The highest BCUT2D eigenvalue weighted by atomic mass is 16.3. The van der Waals surface area contributed by atoms with Crippen LogP contribution >= 0.6 is 0 Å². The van der Waals surface area contributed by atoms with Crippen LogP contribution in [0, 0.1) is 13.8 Å². The van der Waals surface area contributed by atoms with Gasteiger partial charge in [0, 0.05) is 11.6 Å². The molecule has 0 aromatic carbocycles. The maximum Gasteiger partial charge on any atom is 0.290 e. The summed E-state index contributed by atoms with van der Waals surface area (Å²) in [5.74, 6) is 1.24. The summed E-state index contributed by atoms with van der Waals surface area (Å²) >= 11 is 0. The molecule has 0 spiro atoms. The van der Waals surface area contributed by atoms with Crippen LogP contribution in [0.2, 0.25) is 0 Å². The number of aryl methyl sites for hydroxylation is 2. The molecule has 0 unspecified atom stereocenters. The number of amides is 1. The molecule has 7 nitrogen and oxygen atoms in total. The Labute approximate surface area is 146 Å². The number of carbonyl (C=O) groups is 1. The Kier molecular flexibility index (Phi) is 4.92. The number of nitrogen functional groups attached to an aromatic ring is 1. The maximum absolute atomic E-state index is 12.3. The Balaban J connectivity index is 1.82. The van der Waals surface area contributed by atoms with Gasteiger partial charge < -0.3 is 15.5 Å². The average molecular weight is 344 g/mol. The van der Waals surface area contributed by atoms with Crippen LogP contribution in [-0.4, -0.2) is 21.7 Å². The molecule has 7 heteroatoms. The summed E-state index contributed by atoms with van der Waals surface area (Å²) in [6.07, 6.45) is 5.46. The highest BCUT2D eigenvalue weighted by molar-refractivity contribution is 5.76. The van der Waals surface area contributed by atoms with E-state index < -0.39 is 5.56 Å². The lowest BCUT2D eigenvalue weighted by molar-refractivity contribution is -0.122. The van der Waals surface area contributed by atoms with E-state index in [1.807, 2.05) is 19.9 Å². The van der Waals surface area contributed by atoms with E-state index in [4.69, 9.17) is 10.2 Å². The van der Waals surface area contributed by atoms with Crippen LogP contribution in [0.1, 0.15) is 43.6 Å². The fourth-order valence-electron chi connectivity index (χ4n) is 3.34. The summed E-state index contributed by atoms with van der Waals surface area (Å²) in [4.78, 5) is 24.5. The molecule has 0 aliphatic heterocycles. The minimum absolute atomic E-state index is 0.0636. The molecule has 1 aliphatic carbocycles. The highest BCUT2D eigenvalue weighted by Crippen LogP contribution is 2.25. The first kappa shape index (κ1) is 17.3. The third-order valence-corrected chi connectivity index (χ3v) is 4.58. The van der Waals surface area contributed by atoms with Gasteiger partial charge in [0.2, 0.25) is 5.91 Å². The predicted molar refractivity (Wildman–Crippen MR) is 95.1 cm³/mol. The number of hydrogen-bond acceptors (Lipinski definition) is 5. The van der Waals surface area contributed by atoms with Gasteiger partial charge in [0.15, 0.2) is 0 Å². The first-order valence-corrected chi connectivity index (χ1v) is 8.68. The number of hydrogen-bond donors (Lipinski definition) is 2. The highest BCUT2D eigenvalue weighted by Gasteiger charge is 2.18. The molecule has 1 fully saturated rings. The van der Waals surface area contributed by atoms with Gasteiger partial charge in [-0.2, -0.15) is 5.10 Å². The molecule has 0 radical (unpaired) electrons. The van der Waals surface area contributed by atoms with E-state index in [1.54, 1.807) is 0 Å². The second-order valence-corrected chi connectivity index (χ2v) is 6.68. The molecule has 134 valence electrons. The van der Waals surface area contributed by atoms with Gasteiger partial charge in [0.1, 0.15) is 23.8 Å². The largest absolute Gasteiger partial charge is 0.466 e. The number of furan rings is 1. The van der Waals surface area contributed by atoms with Crippen LogP contribution in [0.5, 0.6) is 0 Å². The Morgan fingerprint density at radius 3 is 2.68 bits per heavy atom. The van der Waals surface area contributed by atoms with Crippen molar-refractivity contribution in [2.24, 2.45) is 0 Å². The summed E-state index contributed by atoms with van der Waals surface area (Å²) in [5.41, 5.74) is 6.74. The van der Waals surface area contributed by atoms with E-state index in [2.05, 4.69) is 10.4 Å². The molecule has 1 saturated carbocycles. The van der Waals surface area contributed by atoms with Crippen molar-refractivity contribution in [3.05, 3.63) is 34.0 Å². The lowest BCUT2D eigenvalue weighted by atomic mass is 9.95. The van der Waals surface area contributed by atoms with Gasteiger partial charge in [-0.05, 0) is 38.8 Å². The van der Waals surface area contributed by atoms with Crippen molar-refractivity contribution < 1.29 is 9.21 Å². The van der Waals surface area contributed by atoms with Gasteiger partial charge in [-0.15, -0.1) is 0 Å². The van der Waals surface area contributed by atoms with Crippen LogP contribution in [-0.2, 0) is 11.3 Å². The standard InChI is InChI=1S/C18H24N4O3/c1-11-8-14(12(2)25-11)16-9-15(19)18(24)22(21-16)10-17(23)20-13-6-4-3-5-7-13/h8-9,13H,3-7,10,19H2,1-2H3,(H,20,23). The normalized spacial score (nSPS) is 15.3. The Bertz CT molecular complexity index is 831. The number of nitrogens with zero attached hydrogens (tertiary/aromatic N) is 2. The molecule has 25 heavy (non-hydrogen) atoms. The van der Waals surface area contributed by atoms with E-state index in [-0.39, 0.29) is 24.2 Å². The summed E-state index contributed by atoms with van der Waals surface area (Å²) < 4.78 is 6.64. The molecular formula is C18H24N4O3. The van der Waals surface area contributed by atoms with Crippen molar-refractivity contribution in [2.45, 2.75) is 58.5 Å². The van der Waals surface area contributed by atoms with Gasteiger partial charge in [0.05, 0.1) is 5.69 Å². The van der Waals surface area contributed by atoms with E-state index in [9.17, 15) is 9.59 Å². The Morgan fingerprint density at radius 2 is 2.04 bits per heavy atom. The van der Waals surface area contributed by atoms with Crippen LogP contribution in [0.25, 0.3) is 11.3 Å². The number of anilines is 1. The predicted octanol–water partition coefficient (Wildman–Crippen LogP) is 2.15. The number of aromatic nitrogens is 2. The van der Waals surface area contributed by atoms with E-state index in [0.29, 0.717) is 11.5 Å². The molecule has 3 N–H and O–H groups in total. The van der Waals surface area contributed by atoms with Crippen LogP contribution < -0.4 is 16.6 Å². The summed E-state index contributed by atoms with van der Waals surface area (Å²) in [6, 6.07) is 3.56. The summed E-state index contributed by atoms with van der Waals surface area (Å²) in [5, 5.41) is 7.30. The Hall–Kier alpha value is -2.57. The quantitative estimate of drug-likeness (QED) is 0.884. The van der Waals surface area contributed by atoms with Crippen molar-refractivity contribution in [3.63, 3.8) is 0 Å². The second kappa shape index (κ2) is 7.13. The molecule has 0 atom stereocenters. The first-order chi connectivity index (χ1) is 11.9. The van der Waals surface area contributed by atoms with Crippen molar-refractivity contribution in [1.29, 1.82) is 0 Å². The van der Waals surface area contributed by atoms with Gasteiger partial charge in [-0.25, -0.2) is 4.68 Å². The van der Waals surface area contributed by atoms with Gasteiger partial charge >= 0.3 is 0 Å². The van der Waals surface area contributed by atoms with Gasteiger partial charge in [0.25, 0.3) is 5.56 Å². The lowest BCUT2D eigenvalue weighted by Crippen LogP contribution is -2.40. The molecule has 0 saturated heterocycles. The van der Waals surface area contributed by atoms with Crippen molar-refractivity contribution in [1.82, 2.24) is 15.1 Å². The fourth-order valence-corrected chi connectivity index (χ4v) is 3.34. The van der Waals surface area contributed by atoms with E-state index in [0.717, 1.165) is 41.7 Å². The molecule has 2 aromatic rings. The first-order valence-electron chi connectivity index (χ1n) is 8.68. The average Bonchev–Trinajstić information content (AvgIpc) is 2.91. The fraction of sp³-hybridized carbons (Fsp3) is 0.500. The summed E-state index contributed by atoms with van der Waals surface area (Å²) in [6.45, 7) is 3.53. The molecule has 0 bridgehead atoms. The molecular weight excluding hydrogens is 320 g/mol. The van der Waals surface area contributed by atoms with Crippen molar-refractivity contribution in [3.8, 4) is 11.3 Å². The molecule has 1 amide bonds. The van der Waals surface area contributed by atoms with Crippen molar-refractivity contribution in [2.75, 3.05) is 5.73 Å². The minimum atomic E-state index is -0.458. The van der Waals surface area contributed by atoms with Gasteiger partial charge in [-0.1, -0.05) is 19.3 Å². The summed E-state index contributed by atoms with van der Waals surface area (Å²) in [7, 11) is 0. The maximum atomic E-state index is 12.3. The number of carbonyl (C=O) groups excluding carboxylic acids is 1. The molecule has 2 heterocycles. The van der Waals surface area contributed by atoms with Crippen LogP contribution in [0.3, 0.4) is 0 Å². The molecule has 2 aromatic heterocycles. The Morgan fingerprint density at radius 1 is 1.32 bits per heavy atom. The number of nitrogens with two attached hydrogens (primary N) is 1. The SMILES string of the molecule is Cc1cc(-c2cc(N)c(=O)n(CC(=O)NC3CCCCC3)n2)c(C)o1.